The van der Waals surface area contributed by atoms with Crippen LogP contribution in [0.2, 0.25) is 0 Å². The van der Waals surface area contributed by atoms with Crippen molar-refractivity contribution in [3.63, 3.8) is 0 Å². The van der Waals surface area contributed by atoms with Gasteiger partial charge in [0.15, 0.2) is 0 Å². The molecule has 0 aliphatic heterocycles. The van der Waals surface area contributed by atoms with Crippen LogP contribution in [0.25, 0.3) is 0 Å². The van der Waals surface area contributed by atoms with Crippen LogP contribution in [0.3, 0.4) is 0 Å². The summed E-state index contributed by atoms with van der Waals surface area (Å²) in [6.45, 7) is 7.54. The van der Waals surface area contributed by atoms with Gasteiger partial charge in [-0.15, -0.1) is 0 Å². The van der Waals surface area contributed by atoms with Crippen molar-refractivity contribution in [2.45, 2.75) is 33.2 Å². The third-order valence-corrected chi connectivity index (χ3v) is 2.58. The standard InChI is InChI=1S/C14H22N2O4/c1-4-19-12-7-5-8-13(14(12)16(17)18)20-10-6-9-15-11(2)3/h5,7-8,11,15H,4,6,9-10H2,1-3H3. The maximum absolute atomic E-state index is 11.1. The molecule has 112 valence electrons. The van der Waals surface area contributed by atoms with Crippen LogP contribution >= 0.6 is 0 Å². The average Bonchev–Trinajstić information content (AvgIpc) is 2.38. The molecule has 1 N–H and O–H groups in total. The smallest absolute Gasteiger partial charge is 0.352 e. The fourth-order valence-electron chi connectivity index (χ4n) is 1.72. The molecule has 0 heterocycles. The second-order valence-electron chi connectivity index (χ2n) is 4.60. The SMILES string of the molecule is CCOc1cccc(OCCCNC(C)C)c1[N+](=O)[O-]. The van der Waals surface area contributed by atoms with Crippen molar-refractivity contribution < 1.29 is 14.4 Å². The maximum Gasteiger partial charge on any atom is 0.352 e. The molecule has 6 nitrogen and oxygen atoms in total. The van der Waals surface area contributed by atoms with Crippen molar-refractivity contribution in [2.75, 3.05) is 19.8 Å². The van der Waals surface area contributed by atoms with Crippen LogP contribution < -0.4 is 14.8 Å². The summed E-state index contributed by atoms with van der Waals surface area (Å²) in [5, 5.41) is 14.4. The summed E-state index contributed by atoms with van der Waals surface area (Å²) in [6, 6.07) is 5.29. The largest absolute Gasteiger partial charge is 0.487 e. The lowest BCUT2D eigenvalue weighted by atomic mass is 10.2. The maximum atomic E-state index is 11.1. The minimum atomic E-state index is -0.466. The molecule has 0 radical (unpaired) electrons. The van der Waals surface area contributed by atoms with E-state index in [0.717, 1.165) is 13.0 Å². The average molecular weight is 282 g/mol. The molecule has 0 unspecified atom stereocenters. The Morgan fingerprint density at radius 3 is 2.50 bits per heavy atom. The first-order valence-corrected chi connectivity index (χ1v) is 6.82. The monoisotopic (exact) mass is 282 g/mol. The molecule has 0 aromatic heterocycles. The van der Waals surface area contributed by atoms with Crippen molar-refractivity contribution in [3.8, 4) is 11.5 Å². The van der Waals surface area contributed by atoms with E-state index >= 15 is 0 Å². The summed E-state index contributed by atoms with van der Waals surface area (Å²) in [7, 11) is 0. The number of nitrogens with zero attached hydrogens (tertiary/aromatic N) is 1. The molecule has 0 bridgehead atoms. The van der Waals surface area contributed by atoms with Gasteiger partial charge in [-0.3, -0.25) is 10.1 Å². The fourth-order valence-corrected chi connectivity index (χ4v) is 1.72. The Balaban J connectivity index is 2.64. The van der Waals surface area contributed by atoms with Gasteiger partial charge in [-0.1, -0.05) is 19.9 Å². The van der Waals surface area contributed by atoms with Gasteiger partial charge >= 0.3 is 5.69 Å². The lowest BCUT2D eigenvalue weighted by molar-refractivity contribution is -0.386. The summed E-state index contributed by atoms with van der Waals surface area (Å²) in [6.07, 6.45) is 0.786. The normalized spacial score (nSPS) is 10.6. The minimum absolute atomic E-state index is 0.105. The molecule has 1 aromatic rings. The molecule has 0 fully saturated rings. The van der Waals surface area contributed by atoms with Crippen molar-refractivity contribution in [2.24, 2.45) is 0 Å². The molecule has 0 spiro atoms. The van der Waals surface area contributed by atoms with Gasteiger partial charge < -0.3 is 14.8 Å². The Kier molecular flexibility index (Phi) is 6.79. The van der Waals surface area contributed by atoms with Gasteiger partial charge in [-0.25, -0.2) is 0 Å². The second kappa shape index (κ2) is 8.37. The van der Waals surface area contributed by atoms with E-state index in [2.05, 4.69) is 19.2 Å². The van der Waals surface area contributed by atoms with Gasteiger partial charge in [0.05, 0.1) is 18.1 Å². The van der Waals surface area contributed by atoms with E-state index in [4.69, 9.17) is 9.47 Å². The number of nitro benzene ring substituents is 1. The molecule has 0 saturated heterocycles. The quantitative estimate of drug-likeness (QED) is 0.428. The van der Waals surface area contributed by atoms with Crippen LogP contribution in [0.5, 0.6) is 11.5 Å². The van der Waals surface area contributed by atoms with Crippen LogP contribution in [0.4, 0.5) is 5.69 Å². The zero-order valence-electron chi connectivity index (χ0n) is 12.2. The van der Waals surface area contributed by atoms with E-state index in [1.807, 2.05) is 0 Å². The summed E-state index contributed by atoms with van der Waals surface area (Å²) in [4.78, 5) is 10.7. The Morgan fingerprint density at radius 2 is 1.95 bits per heavy atom. The summed E-state index contributed by atoms with van der Waals surface area (Å²) in [5.41, 5.74) is -0.105. The van der Waals surface area contributed by atoms with E-state index in [0.29, 0.717) is 19.3 Å². The van der Waals surface area contributed by atoms with E-state index in [1.54, 1.807) is 25.1 Å². The van der Waals surface area contributed by atoms with Gasteiger partial charge in [-0.05, 0) is 32.0 Å². The first-order chi connectivity index (χ1) is 9.56. The first-order valence-electron chi connectivity index (χ1n) is 6.82. The van der Waals surface area contributed by atoms with Crippen molar-refractivity contribution in [3.05, 3.63) is 28.3 Å². The molecule has 0 atom stereocenters. The zero-order chi connectivity index (χ0) is 15.0. The molecule has 1 aromatic carbocycles. The van der Waals surface area contributed by atoms with Crippen LogP contribution in [-0.2, 0) is 0 Å². The number of rotatable bonds is 9. The van der Waals surface area contributed by atoms with Gasteiger partial charge in [0.1, 0.15) is 0 Å². The highest BCUT2D eigenvalue weighted by molar-refractivity contribution is 5.57. The Hall–Kier alpha value is -1.82. The van der Waals surface area contributed by atoms with Gasteiger partial charge in [0.25, 0.3) is 0 Å². The van der Waals surface area contributed by atoms with E-state index in [1.165, 1.54) is 0 Å². The third kappa shape index (κ3) is 5.05. The lowest BCUT2D eigenvalue weighted by Crippen LogP contribution is -2.24. The predicted octanol–water partition coefficient (Wildman–Crippen LogP) is 2.76. The number of ether oxygens (including phenoxy) is 2. The van der Waals surface area contributed by atoms with Crippen molar-refractivity contribution in [1.82, 2.24) is 5.32 Å². The Morgan fingerprint density at radius 1 is 1.30 bits per heavy atom. The lowest BCUT2D eigenvalue weighted by Gasteiger charge is -2.11. The molecule has 20 heavy (non-hydrogen) atoms. The number of hydrogen-bond acceptors (Lipinski definition) is 5. The van der Waals surface area contributed by atoms with E-state index in [9.17, 15) is 10.1 Å². The van der Waals surface area contributed by atoms with Crippen LogP contribution in [0.1, 0.15) is 27.2 Å². The highest BCUT2D eigenvalue weighted by Gasteiger charge is 2.21. The number of nitrogens with one attached hydrogen (secondary N) is 1. The zero-order valence-corrected chi connectivity index (χ0v) is 12.2. The van der Waals surface area contributed by atoms with E-state index < -0.39 is 4.92 Å². The fraction of sp³-hybridized carbons (Fsp3) is 0.571. The molecule has 0 aliphatic rings. The summed E-state index contributed by atoms with van der Waals surface area (Å²) in [5.74, 6) is 0.501. The number of hydrogen-bond donors (Lipinski definition) is 1. The second-order valence-corrected chi connectivity index (χ2v) is 4.60. The van der Waals surface area contributed by atoms with E-state index in [-0.39, 0.29) is 17.2 Å². The summed E-state index contributed by atoms with van der Waals surface area (Å²) >= 11 is 0. The number of para-hydroxylation sites is 1. The molecular formula is C14H22N2O4. The number of nitro groups is 1. The van der Waals surface area contributed by atoms with Crippen LogP contribution in [0, 0.1) is 10.1 Å². The molecular weight excluding hydrogens is 260 g/mol. The van der Waals surface area contributed by atoms with Gasteiger partial charge in [0, 0.05) is 6.04 Å². The third-order valence-electron chi connectivity index (χ3n) is 2.58. The van der Waals surface area contributed by atoms with Crippen LogP contribution in [0.15, 0.2) is 18.2 Å². The molecule has 0 saturated carbocycles. The van der Waals surface area contributed by atoms with Crippen molar-refractivity contribution in [1.29, 1.82) is 0 Å². The Bertz CT molecular complexity index is 435. The Labute approximate surface area is 119 Å². The van der Waals surface area contributed by atoms with Gasteiger partial charge in [0.2, 0.25) is 11.5 Å². The van der Waals surface area contributed by atoms with Crippen molar-refractivity contribution >= 4 is 5.69 Å². The van der Waals surface area contributed by atoms with Gasteiger partial charge in [-0.2, -0.15) is 0 Å². The number of benzene rings is 1. The topological polar surface area (TPSA) is 73.6 Å². The predicted molar refractivity (Wildman–Crippen MR) is 77.5 cm³/mol. The molecule has 6 heteroatoms. The molecule has 0 aliphatic carbocycles. The highest BCUT2D eigenvalue weighted by atomic mass is 16.6. The minimum Gasteiger partial charge on any atom is -0.487 e. The van der Waals surface area contributed by atoms with Crippen LogP contribution in [-0.4, -0.2) is 30.7 Å². The summed E-state index contributed by atoms with van der Waals surface area (Å²) < 4.78 is 10.8. The molecule has 1 rings (SSSR count). The molecule has 0 amide bonds. The first kappa shape index (κ1) is 16.2. The highest BCUT2D eigenvalue weighted by Crippen LogP contribution is 2.36.